The Balaban J connectivity index is 2.29. The van der Waals surface area contributed by atoms with Crippen molar-refractivity contribution in [3.8, 4) is 0 Å². The van der Waals surface area contributed by atoms with Crippen LogP contribution < -0.4 is 0 Å². The van der Waals surface area contributed by atoms with E-state index in [2.05, 4.69) is 39.0 Å². The van der Waals surface area contributed by atoms with Gasteiger partial charge in [0.25, 0.3) is 0 Å². The van der Waals surface area contributed by atoms with E-state index in [0.717, 1.165) is 13.1 Å². The number of hydrogen-bond acceptors (Lipinski definition) is 2. The fraction of sp³-hybridized carbons (Fsp3) is 0.562. The van der Waals surface area contributed by atoms with E-state index in [1.165, 1.54) is 16.7 Å². The second-order valence-corrected chi connectivity index (χ2v) is 6.95. The molecule has 1 N–H and O–H groups in total. The van der Waals surface area contributed by atoms with Crippen LogP contribution in [0.4, 0.5) is 0 Å². The molecular weight excluding hydrogens is 238 g/mol. The highest BCUT2D eigenvalue weighted by molar-refractivity contribution is 5.77. The lowest BCUT2D eigenvalue weighted by molar-refractivity contribution is -0.149. The summed E-state index contributed by atoms with van der Waals surface area (Å²) in [5.41, 5.74) is 3.14. The summed E-state index contributed by atoms with van der Waals surface area (Å²) >= 11 is 0. The van der Waals surface area contributed by atoms with Crippen LogP contribution in [0, 0.1) is 0 Å². The molecule has 1 aromatic carbocycles. The number of carboxylic acid groups (broad SMARTS) is 1. The average Bonchev–Trinajstić information content (AvgIpc) is 2.70. The van der Waals surface area contributed by atoms with Crippen LogP contribution in [-0.2, 0) is 23.3 Å². The van der Waals surface area contributed by atoms with Crippen LogP contribution in [0.1, 0.15) is 51.3 Å². The van der Waals surface area contributed by atoms with Crippen LogP contribution in [0.25, 0.3) is 0 Å². The summed E-state index contributed by atoms with van der Waals surface area (Å²) in [6.45, 7) is 11.6. The maximum absolute atomic E-state index is 11.3. The average molecular weight is 261 g/mol. The van der Waals surface area contributed by atoms with Gasteiger partial charge in [0, 0.05) is 13.1 Å². The standard InChI is InChI=1S/C16H23NO2/c1-15(2,3)13-7-6-11-9-17(10-12(11)8-13)16(4,5)14(18)19/h6-8H,9-10H2,1-5H3,(H,18,19). The Kier molecular flexibility index (Phi) is 3.21. The summed E-state index contributed by atoms with van der Waals surface area (Å²) in [6.07, 6.45) is 0. The highest BCUT2D eigenvalue weighted by Gasteiger charge is 2.38. The van der Waals surface area contributed by atoms with Crippen molar-refractivity contribution in [3.05, 3.63) is 34.9 Å². The number of benzene rings is 1. The second-order valence-electron chi connectivity index (χ2n) is 6.95. The van der Waals surface area contributed by atoms with Crippen LogP contribution in [0.15, 0.2) is 18.2 Å². The van der Waals surface area contributed by atoms with E-state index in [0.29, 0.717) is 0 Å². The minimum Gasteiger partial charge on any atom is -0.480 e. The van der Waals surface area contributed by atoms with Crippen molar-refractivity contribution in [2.24, 2.45) is 0 Å². The molecule has 1 aromatic rings. The number of carboxylic acids is 1. The lowest BCUT2D eigenvalue weighted by Gasteiger charge is -2.30. The maximum atomic E-state index is 11.3. The van der Waals surface area contributed by atoms with E-state index in [9.17, 15) is 9.90 Å². The Morgan fingerprint density at radius 1 is 1.11 bits per heavy atom. The Labute approximate surface area is 115 Å². The first-order valence-corrected chi connectivity index (χ1v) is 6.73. The first-order chi connectivity index (χ1) is 8.62. The predicted octanol–water partition coefficient (Wildman–Crippen LogP) is 3.16. The van der Waals surface area contributed by atoms with Crippen molar-refractivity contribution in [1.82, 2.24) is 4.90 Å². The SMILES string of the molecule is CC(C)(C)c1ccc2c(c1)CN(C(C)(C)C(=O)O)C2. The number of rotatable bonds is 2. The molecule has 3 heteroatoms. The molecule has 0 saturated carbocycles. The highest BCUT2D eigenvalue weighted by atomic mass is 16.4. The van der Waals surface area contributed by atoms with Gasteiger partial charge >= 0.3 is 5.97 Å². The van der Waals surface area contributed by atoms with Crippen molar-refractivity contribution in [2.45, 2.75) is 58.7 Å². The molecule has 0 bridgehead atoms. The molecule has 1 heterocycles. The molecule has 0 radical (unpaired) electrons. The minimum absolute atomic E-state index is 0.130. The zero-order valence-corrected chi connectivity index (χ0v) is 12.4. The molecule has 1 aliphatic heterocycles. The van der Waals surface area contributed by atoms with Gasteiger partial charge in [-0.1, -0.05) is 39.0 Å². The normalized spacial score (nSPS) is 16.5. The lowest BCUT2D eigenvalue weighted by Crippen LogP contribution is -2.47. The molecule has 0 aromatic heterocycles. The van der Waals surface area contributed by atoms with Crippen LogP contribution in [0.3, 0.4) is 0 Å². The molecule has 3 nitrogen and oxygen atoms in total. The van der Waals surface area contributed by atoms with E-state index in [4.69, 9.17) is 0 Å². The first kappa shape index (κ1) is 14.1. The fourth-order valence-corrected chi connectivity index (χ4v) is 2.39. The van der Waals surface area contributed by atoms with Gasteiger partial charge in [0.05, 0.1) is 0 Å². The van der Waals surface area contributed by atoms with Gasteiger partial charge in [-0.05, 0) is 36.0 Å². The molecule has 2 rings (SSSR count). The second kappa shape index (κ2) is 4.34. The predicted molar refractivity (Wildman–Crippen MR) is 76.1 cm³/mol. The number of nitrogens with zero attached hydrogens (tertiary/aromatic N) is 1. The van der Waals surface area contributed by atoms with Gasteiger partial charge in [0.1, 0.15) is 5.54 Å². The summed E-state index contributed by atoms with van der Waals surface area (Å²) in [5.74, 6) is -0.767. The number of fused-ring (bicyclic) bond motifs is 1. The number of hydrogen-bond donors (Lipinski definition) is 1. The summed E-state index contributed by atoms with van der Waals surface area (Å²) in [5, 5.41) is 9.32. The lowest BCUT2D eigenvalue weighted by atomic mass is 9.85. The molecule has 0 spiro atoms. The van der Waals surface area contributed by atoms with Crippen LogP contribution in [-0.4, -0.2) is 21.5 Å². The third-order valence-electron chi connectivity index (χ3n) is 4.11. The Morgan fingerprint density at radius 3 is 2.21 bits per heavy atom. The van der Waals surface area contributed by atoms with Crippen molar-refractivity contribution in [3.63, 3.8) is 0 Å². The van der Waals surface area contributed by atoms with Gasteiger partial charge in [0.15, 0.2) is 0 Å². The van der Waals surface area contributed by atoms with Crippen LogP contribution >= 0.6 is 0 Å². The largest absolute Gasteiger partial charge is 0.480 e. The zero-order chi connectivity index (χ0) is 14.4. The molecule has 0 fully saturated rings. The molecule has 0 atom stereocenters. The quantitative estimate of drug-likeness (QED) is 0.889. The van der Waals surface area contributed by atoms with Gasteiger partial charge in [-0.2, -0.15) is 0 Å². The summed E-state index contributed by atoms with van der Waals surface area (Å²) < 4.78 is 0. The van der Waals surface area contributed by atoms with E-state index >= 15 is 0 Å². The van der Waals surface area contributed by atoms with Gasteiger partial charge < -0.3 is 5.11 Å². The molecular formula is C16H23NO2. The Morgan fingerprint density at radius 2 is 1.68 bits per heavy atom. The van der Waals surface area contributed by atoms with Gasteiger partial charge in [-0.25, -0.2) is 0 Å². The van der Waals surface area contributed by atoms with Crippen molar-refractivity contribution in [1.29, 1.82) is 0 Å². The smallest absolute Gasteiger partial charge is 0.323 e. The zero-order valence-electron chi connectivity index (χ0n) is 12.4. The highest BCUT2D eigenvalue weighted by Crippen LogP contribution is 2.32. The fourth-order valence-electron chi connectivity index (χ4n) is 2.39. The van der Waals surface area contributed by atoms with Crippen molar-refractivity contribution >= 4 is 5.97 Å². The third-order valence-corrected chi connectivity index (χ3v) is 4.11. The van der Waals surface area contributed by atoms with E-state index in [1.807, 2.05) is 4.90 Å². The van der Waals surface area contributed by atoms with Gasteiger partial charge in [-0.3, -0.25) is 9.69 Å². The van der Waals surface area contributed by atoms with Crippen LogP contribution in [0.2, 0.25) is 0 Å². The molecule has 0 aliphatic carbocycles. The maximum Gasteiger partial charge on any atom is 0.323 e. The van der Waals surface area contributed by atoms with E-state index in [1.54, 1.807) is 13.8 Å². The summed E-state index contributed by atoms with van der Waals surface area (Å²) in [6, 6.07) is 6.54. The number of aliphatic carboxylic acids is 1. The van der Waals surface area contributed by atoms with Gasteiger partial charge in [-0.15, -0.1) is 0 Å². The summed E-state index contributed by atoms with van der Waals surface area (Å²) in [4.78, 5) is 13.4. The number of carbonyl (C=O) groups is 1. The van der Waals surface area contributed by atoms with E-state index in [-0.39, 0.29) is 5.41 Å². The molecule has 0 amide bonds. The third kappa shape index (κ3) is 2.52. The Bertz CT molecular complexity index is 512. The topological polar surface area (TPSA) is 40.5 Å². The van der Waals surface area contributed by atoms with Crippen LogP contribution in [0.5, 0.6) is 0 Å². The van der Waals surface area contributed by atoms with Crippen molar-refractivity contribution in [2.75, 3.05) is 0 Å². The molecule has 19 heavy (non-hydrogen) atoms. The monoisotopic (exact) mass is 261 g/mol. The van der Waals surface area contributed by atoms with Gasteiger partial charge in [0.2, 0.25) is 0 Å². The Hall–Kier alpha value is -1.35. The van der Waals surface area contributed by atoms with Crippen molar-refractivity contribution < 1.29 is 9.90 Å². The molecule has 0 unspecified atom stereocenters. The molecule has 1 aliphatic rings. The molecule has 104 valence electrons. The summed E-state index contributed by atoms with van der Waals surface area (Å²) in [7, 11) is 0. The minimum atomic E-state index is -0.819. The van der Waals surface area contributed by atoms with E-state index < -0.39 is 11.5 Å². The first-order valence-electron chi connectivity index (χ1n) is 6.73. The molecule has 0 saturated heterocycles.